The smallest absolute Gasteiger partial charge is 0.393 e. The summed E-state index contributed by atoms with van der Waals surface area (Å²) in [6.07, 6.45) is -4.82. The highest BCUT2D eigenvalue weighted by molar-refractivity contribution is 5.89. The predicted octanol–water partition coefficient (Wildman–Crippen LogP) is 2.67. The average molecular weight is 310 g/mol. The van der Waals surface area contributed by atoms with E-state index in [1.165, 1.54) is 13.8 Å². The molecule has 5 nitrogen and oxygen atoms in total. The van der Waals surface area contributed by atoms with E-state index < -0.39 is 41.5 Å². The molecule has 0 aliphatic carbocycles. The number of rotatable bonds is 4. The van der Waals surface area contributed by atoms with Gasteiger partial charge in [-0.15, -0.1) is 0 Å². The lowest BCUT2D eigenvalue weighted by atomic mass is 10.1. The first-order chi connectivity index (χ1) is 9.55. The Bertz CT molecular complexity index is 518. The second-order valence-corrected chi connectivity index (χ2v) is 4.76. The van der Waals surface area contributed by atoms with Crippen LogP contribution >= 0.6 is 0 Å². The molecule has 0 bridgehead atoms. The van der Waals surface area contributed by atoms with Crippen LogP contribution in [-0.2, 0) is 11.0 Å². The van der Waals surface area contributed by atoms with Gasteiger partial charge >= 0.3 is 12.2 Å². The maximum atomic E-state index is 12.9. The lowest BCUT2D eigenvalue weighted by Crippen LogP contribution is -2.40. The van der Waals surface area contributed by atoms with Crippen LogP contribution in [0.25, 0.3) is 0 Å². The fraction of sp³-hybridized carbons (Fsp3) is 0.417. The zero-order valence-electron chi connectivity index (χ0n) is 11.2. The predicted molar refractivity (Wildman–Crippen MR) is 65.8 cm³/mol. The third kappa shape index (κ3) is 5.20. The Labute approximate surface area is 117 Å². The number of carbonyl (C=O) groups is 1. The Morgan fingerprint density at radius 2 is 1.95 bits per heavy atom. The molecule has 0 spiro atoms. The van der Waals surface area contributed by atoms with Crippen molar-refractivity contribution in [2.24, 2.45) is 0 Å². The summed E-state index contributed by atoms with van der Waals surface area (Å²) >= 11 is 0. The Morgan fingerprint density at radius 3 is 2.48 bits per heavy atom. The van der Waals surface area contributed by atoms with Crippen LogP contribution < -0.4 is 10.8 Å². The van der Waals surface area contributed by atoms with Crippen molar-refractivity contribution in [2.45, 2.75) is 25.6 Å². The molecule has 1 aromatic carbocycles. The minimum Gasteiger partial charge on any atom is -0.393 e. The number of aliphatic hydroxyl groups excluding tert-OH is 1. The third-order valence-electron chi connectivity index (χ3n) is 2.34. The van der Waals surface area contributed by atoms with Gasteiger partial charge in [0, 0.05) is 0 Å². The van der Waals surface area contributed by atoms with Crippen molar-refractivity contribution in [3.63, 3.8) is 0 Å². The second kappa shape index (κ2) is 6.27. The zero-order valence-corrected chi connectivity index (χ0v) is 11.2. The van der Waals surface area contributed by atoms with Gasteiger partial charge in [-0.2, -0.15) is 13.2 Å². The lowest BCUT2D eigenvalue weighted by Gasteiger charge is -2.22. The maximum absolute atomic E-state index is 12.9. The van der Waals surface area contributed by atoms with Crippen LogP contribution in [0.5, 0.6) is 0 Å². The fourth-order valence-corrected chi connectivity index (χ4v) is 1.22. The normalized spacial score (nSPS) is 12.1. The Balaban J connectivity index is 2.82. The number of anilines is 1. The van der Waals surface area contributed by atoms with Crippen LogP contribution in [0.3, 0.4) is 0 Å². The van der Waals surface area contributed by atoms with Gasteiger partial charge < -0.3 is 10.4 Å². The Morgan fingerprint density at radius 1 is 1.33 bits per heavy atom. The number of nitrogens with one attached hydrogen (secondary N) is 2. The van der Waals surface area contributed by atoms with Gasteiger partial charge in [-0.25, -0.2) is 14.7 Å². The van der Waals surface area contributed by atoms with Gasteiger partial charge in [0.2, 0.25) is 0 Å². The quantitative estimate of drug-likeness (QED) is 0.591. The number of urea groups is 1. The highest BCUT2D eigenvalue weighted by atomic mass is 19.4. The zero-order chi connectivity index (χ0) is 16.3. The van der Waals surface area contributed by atoms with Crippen molar-refractivity contribution in [3.8, 4) is 0 Å². The molecule has 118 valence electrons. The van der Waals surface area contributed by atoms with Crippen LogP contribution in [0, 0.1) is 5.82 Å². The van der Waals surface area contributed by atoms with Gasteiger partial charge in [-0.05, 0) is 32.0 Å². The van der Waals surface area contributed by atoms with Crippen LogP contribution in [0.4, 0.5) is 28.0 Å². The molecule has 0 aliphatic rings. The molecule has 3 N–H and O–H groups in total. The first-order valence-electron chi connectivity index (χ1n) is 5.78. The van der Waals surface area contributed by atoms with Gasteiger partial charge in [0.1, 0.15) is 11.4 Å². The summed E-state index contributed by atoms with van der Waals surface area (Å²) in [6.45, 7) is 2.48. The highest BCUT2D eigenvalue weighted by Gasteiger charge is 2.34. The number of hydroxylamine groups is 1. The summed E-state index contributed by atoms with van der Waals surface area (Å²) in [6, 6.07) is 0.750. The van der Waals surface area contributed by atoms with Gasteiger partial charge in [-0.1, -0.05) is 0 Å². The molecule has 0 heterocycles. The van der Waals surface area contributed by atoms with Gasteiger partial charge in [0.25, 0.3) is 0 Å². The van der Waals surface area contributed by atoms with Crippen LogP contribution in [0.2, 0.25) is 0 Å². The number of alkyl halides is 3. The first-order valence-corrected chi connectivity index (χ1v) is 5.78. The van der Waals surface area contributed by atoms with Gasteiger partial charge in [-0.3, -0.25) is 4.84 Å². The number of benzene rings is 1. The van der Waals surface area contributed by atoms with E-state index in [2.05, 4.69) is 0 Å². The van der Waals surface area contributed by atoms with Crippen molar-refractivity contribution in [3.05, 3.63) is 29.6 Å². The topological polar surface area (TPSA) is 70.6 Å². The number of aliphatic hydroxyl groups is 1. The van der Waals surface area contributed by atoms with Crippen molar-refractivity contribution in [2.75, 3.05) is 11.9 Å². The molecular weight excluding hydrogens is 296 g/mol. The van der Waals surface area contributed by atoms with E-state index in [0.717, 1.165) is 12.1 Å². The van der Waals surface area contributed by atoms with Crippen LogP contribution in [0.15, 0.2) is 18.2 Å². The number of amides is 2. The second-order valence-electron chi connectivity index (χ2n) is 4.76. The molecule has 0 saturated heterocycles. The molecule has 0 unspecified atom stereocenters. The Hall–Kier alpha value is -1.87. The summed E-state index contributed by atoms with van der Waals surface area (Å²) in [7, 11) is 0. The summed E-state index contributed by atoms with van der Waals surface area (Å²) in [5.41, 5.74) is -1.20. The summed E-state index contributed by atoms with van der Waals surface area (Å²) in [5.74, 6) is -1.08. The van der Waals surface area contributed by atoms with Crippen LogP contribution in [0.1, 0.15) is 19.4 Å². The van der Waals surface area contributed by atoms with Crippen molar-refractivity contribution >= 4 is 11.7 Å². The van der Waals surface area contributed by atoms with Crippen molar-refractivity contribution in [1.29, 1.82) is 0 Å². The standard InChI is InChI=1S/C12H14F4N2O3/c1-11(2,6-19)21-18-10(20)17-9-4-3-7(13)5-8(9)12(14,15)16/h3-5,19H,6H2,1-2H3,(H2,17,18,20). The fourth-order valence-electron chi connectivity index (χ4n) is 1.22. The maximum Gasteiger partial charge on any atom is 0.418 e. The Kier molecular flexibility index (Phi) is 5.13. The van der Waals surface area contributed by atoms with E-state index in [0.29, 0.717) is 0 Å². The number of carbonyl (C=O) groups excluding carboxylic acids is 1. The molecule has 0 radical (unpaired) electrons. The third-order valence-corrected chi connectivity index (χ3v) is 2.34. The molecule has 0 aromatic heterocycles. The monoisotopic (exact) mass is 310 g/mol. The molecule has 2 amide bonds. The van der Waals surface area contributed by atoms with E-state index in [-0.39, 0.29) is 6.07 Å². The molecule has 9 heteroatoms. The number of hydrogen-bond donors (Lipinski definition) is 3. The largest absolute Gasteiger partial charge is 0.418 e. The van der Waals surface area contributed by atoms with E-state index in [9.17, 15) is 22.4 Å². The van der Waals surface area contributed by atoms with Gasteiger partial charge in [0.15, 0.2) is 0 Å². The molecule has 1 rings (SSSR count). The minimum absolute atomic E-state index is 0.272. The van der Waals surface area contributed by atoms with E-state index in [1.54, 1.807) is 0 Å². The summed E-state index contributed by atoms with van der Waals surface area (Å²) in [5, 5.41) is 10.8. The molecule has 0 atom stereocenters. The van der Waals surface area contributed by atoms with E-state index in [1.807, 2.05) is 10.8 Å². The van der Waals surface area contributed by atoms with E-state index >= 15 is 0 Å². The average Bonchev–Trinajstić information content (AvgIpc) is 2.37. The van der Waals surface area contributed by atoms with E-state index in [4.69, 9.17) is 9.94 Å². The number of halogens is 4. The molecule has 0 saturated carbocycles. The molecule has 0 aliphatic heterocycles. The molecular formula is C12H14F4N2O3. The SMILES string of the molecule is CC(C)(CO)ONC(=O)Nc1ccc(F)cc1C(F)(F)F. The van der Waals surface area contributed by atoms with Crippen molar-refractivity contribution in [1.82, 2.24) is 5.48 Å². The lowest BCUT2D eigenvalue weighted by molar-refractivity contribution is -0.137. The number of hydrogen-bond acceptors (Lipinski definition) is 3. The molecule has 1 aromatic rings. The molecule has 0 fully saturated rings. The highest BCUT2D eigenvalue weighted by Crippen LogP contribution is 2.35. The molecule has 21 heavy (non-hydrogen) atoms. The van der Waals surface area contributed by atoms with Crippen molar-refractivity contribution < 1.29 is 32.3 Å². The van der Waals surface area contributed by atoms with Gasteiger partial charge in [0.05, 0.1) is 17.9 Å². The summed E-state index contributed by atoms with van der Waals surface area (Å²) in [4.78, 5) is 16.2. The minimum atomic E-state index is -4.82. The first kappa shape index (κ1) is 17.2. The summed E-state index contributed by atoms with van der Waals surface area (Å²) < 4.78 is 51.0. The van der Waals surface area contributed by atoms with Crippen LogP contribution in [-0.4, -0.2) is 23.3 Å².